The van der Waals surface area contributed by atoms with Crippen molar-refractivity contribution in [1.29, 1.82) is 5.26 Å². The number of aliphatic hydroxyl groups is 1. The van der Waals surface area contributed by atoms with E-state index in [2.05, 4.69) is 4.98 Å². The molecule has 0 spiro atoms. The van der Waals surface area contributed by atoms with E-state index in [9.17, 15) is 9.90 Å². The molecular formula is C8H9N3O3. The number of rotatable bonds is 3. The molecule has 1 aromatic rings. The Hall–Kier alpha value is -1.87. The fourth-order valence-corrected chi connectivity index (χ4v) is 0.949. The van der Waals surface area contributed by atoms with Crippen LogP contribution in [0.4, 0.5) is 0 Å². The second-order valence-electron chi connectivity index (χ2n) is 3.07. The fourth-order valence-electron chi connectivity index (χ4n) is 0.949. The molecule has 14 heavy (non-hydrogen) atoms. The van der Waals surface area contributed by atoms with Crippen LogP contribution in [0.15, 0.2) is 12.4 Å². The van der Waals surface area contributed by atoms with Gasteiger partial charge in [-0.05, 0) is 6.92 Å². The van der Waals surface area contributed by atoms with Gasteiger partial charge in [-0.3, -0.25) is 0 Å². The summed E-state index contributed by atoms with van der Waals surface area (Å²) in [6.45, 7) is 0.960. The number of carboxylic acids is 1. The summed E-state index contributed by atoms with van der Waals surface area (Å²) in [6.07, 6.45) is 2.81. The van der Waals surface area contributed by atoms with Crippen LogP contribution >= 0.6 is 0 Å². The molecule has 0 aliphatic carbocycles. The molecule has 1 heterocycles. The van der Waals surface area contributed by atoms with Crippen molar-refractivity contribution >= 4 is 5.97 Å². The van der Waals surface area contributed by atoms with Gasteiger partial charge in [-0.15, -0.1) is 0 Å². The minimum absolute atomic E-state index is 0.0755. The van der Waals surface area contributed by atoms with Crippen LogP contribution in [0.5, 0.6) is 0 Å². The molecule has 0 fully saturated rings. The predicted octanol–water partition coefficient (Wildman–Crippen LogP) is -0.410. The van der Waals surface area contributed by atoms with Crippen molar-refractivity contribution in [3.8, 4) is 6.07 Å². The van der Waals surface area contributed by atoms with Gasteiger partial charge in [-0.25, -0.2) is 9.78 Å². The molecule has 1 unspecified atom stereocenters. The third kappa shape index (κ3) is 1.89. The zero-order valence-corrected chi connectivity index (χ0v) is 7.51. The van der Waals surface area contributed by atoms with Gasteiger partial charge in [0.25, 0.3) is 0 Å². The largest absolute Gasteiger partial charge is 0.479 e. The minimum atomic E-state index is -1.90. The van der Waals surface area contributed by atoms with E-state index in [0.29, 0.717) is 0 Å². The highest BCUT2D eigenvalue weighted by Crippen LogP contribution is 2.09. The third-order valence-corrected chi connectivity index (χ3v) is 1.75. The van der Waals surface area contributed by atoms with Gasteiger partial charge in [-0.1, -0.05) is 0 Å². The first kappa shape index (κ1) is 10.2. The van der Waals surface area contributed by atoms with Gasteiger partial charge in [0.2, 0.25) is 5.82 Å². The Labute approximate surface area is 80.0 Å². The molecule has 2 N–H and O–H groups in total. The molecule has 0 aliphatic heterocycles. The van der Waals surface area contributed by atoms with E-state index in [-0.39, 0.29) is 12.4 Å². The lowest BCUT2D eigenvalue weighted by Gasteiger charge is -2.18. The number of nitriles is 1. The SMILES string of the molecule is CC(O)(Cn1ccnc1C#N)C(=O)O. The number of carbonyl (C=O) groups is 1. The average Bonchev–Trinajstić information content (AvgIpc) is 2.50. The van der Waals surface area contributed by atoms with E-state index in [0.717, 1.165) is 6.92 Å². The van der Waals surface area contributed by atoms with E-state index in [1.165, 1.54) is 17.0 Å². The standard InChI is InChI=1S/C8H9N3O3/c1-8(14,7(12)13)5-11-3-2-10-6(11)4-9/h2-3,14H,5H2,1H3,(H,12,13). The normalized spacial score (nSPS) is 14.4. The number of nitrogens with zero attached hydrogens (tertiary/aromatic N) is 3. The van der Waals surface area contributed by atoms with Crippen molar-refractivity contribution < 1.29 is 15.0 Å². The highest BCUT2D eigenvalue weighted by Gasteiger charge is 2.30. The predicted molar refractivity (Wildman–Crippen MR) is 45.2 cm³/mol. The maximum absolute atomic E-state index is 10.6. The van der Waals surface area contributed by atoms with Crippen LogP contribution in [-0.2, 0) is 11.3 Å². The van der Waals surface area contributed by atoms with Crippen molar-refractivity contribution in [2.24, 2.45) is 0 Å². The Kier molecular flexibility index (Phi) is 2.53. The molecule has 1 aromatic heterocycles. The van der Waals surface area contributed by atoms with Crippen LogP contribution in [0.3, 0.4) is 0 Å². The van der Waals surface area contributed by atoms with Crippen LogP contribution in [0.1, 0.15) is 12.7 Å². The molecule has 6 nitrogen and oxygen atoms in total. The molecule has 0 aromatic carbocycles. The van der Waals surface area contributed by atoms with Crippen LogP contribution in [-0.4, -0.2) is 31.3 Å². The lowest BCUT2D eigenvalue weighted by atomic mass is 10.1. The minimum Gasteiger partial charge on any atom is -0.479 e. The summed E-state index contributed by atoms with van der Waals surface area (Å²) in [5.74, 6) is -1.26. The van der Waals surface area contributed by atoms with Crippen molar-refractivity contribution in [2.45, 2.75) is 19.1 Å². The van der Waals surface area contributed by atoms with Crippen molar-refractivity contribution in [2.75, 3.05) is 0 Å². The van der Waals surface area contributed by atoms with E-state index in [4.69, 9.17) is 10.4 Å². The highest BCUT2D eigenvalue weighted by molar-refractivity contribution is 5.76. The molecule has 6 heteroatoms. The molecule has 0 saturated heterocycles. The second-order valence-corrected chi connectivity index (χ2v) is 3.07. The fraction of sp³-hybridized carbons (Fsp3) is 0.375. The quantitative estimate of drug-likeness (QED) is 0.683. The highest BCUT2D eigenvalue weighted by atomic mass is 16.4. The molecule has 0 bridgehead atoms. The van der Waals surface area contributed by atoms with E-state index in [1.54, 1.807) is 6.07 Å². The maximum atomic E-state index is 10.6. The summed E-state index contributed by atoms with van der Waals surface area (Å²) in [5, 5.41) is 26.6. The van der Waals surface area contributed by atoms with E-state index < -0.39 is 11.6 Å². The number of hydrogen-bond acceptors (Lipinski definition) is 4. The lowest BCUT2D eigenvalue weighted by Crippen LogP contribution is -2.39. The maximum Gasteiger partial charge on any atom is 0.337 e. The monoisotopic (exact) mass is 195 g/mol. The van der Waals surface area contributed by atoms with Crippen LogP contribution < -0.4 is 0 Å². The molecule has 0 amide bonds. The Morgan fingerprint density at radius 1 is 1.86 bits per heavy atom. The smallest absolute Gasteiger partial charge is 0.337 e. The molecule has 74 valence electrons. The molecule has 1 atom stereocenters. The van der Waals surface area contributed by atoms with Crippen molar-refractivity contribution in [3.63, 3.8) is 0 Å². The number of hydrogen-bond donors (Lipinski definition) is 2. The van der Waals surface area contributed by atoms with Gasteiger partial charge < -0.3 is 14.8 Å². The van der Waals surface area contributed by atoms with Gasteiger partial charge in [0.1, 0.15) is 6.07 Å². The Bertz CT molecular complexity index is 389. The number of imidazole rings is 1. The van der Waals surface area contributed by atoms with Crippen LogP contribution in [0, 0.1) is 11.3 Å². The molecular weight excluding hydrogens is 186 g/mol. The van der Waals surface area contributed by atoms with Gasteiger partial charge in [0.15, 0.2) is 5.60 Å². The van der Waals surface area contributed by atoms with E-state index >= 15 is 0 Å². The second kappa shape index (κ2) is 3.47. The number of carboxylic acid groups (broad SMARTS) is 1. The Morgan fingerprint density at radius 2 is 2.50 bits per heavy atom. The van der Waals surface area contributed by atoms with Gasteiger partial charge >= 0.3 is 5.97 Å². The summed E-state index contributed by atoms with van der Waals surface area (Å²) in [4.78, 5) is 14.3. The first-order valence-electron chi connectivity index (χ1n) is 3.84. The van der Waals surface area contributed by atoms with Gasteiger partial charge in [0, 0.05) is 12.4 Å². The summed E-state index contributed by atoms with van der Waals surface area (Å²) >= 11 is 0. The first-order chi connectivity index (χ1) is 6.47. The van der Waals surface area contributed by atoms with Crippen LogP contribution in [0.2, 0.25) is 0 Å². The average molecular weight is 195 g/mol. The summed E-state index contributed by atoms with van der Waals surface area (Å²) in [7, 11) is 0. The first-order valence-corrected chi connectivity index (χ1v) is 3.84. The lowest BCUT2D eigenvalue weighted by molar-refractivity contribution is -0.157. The van der Waals surface area contributed by atoms with Crippen molar-refractivity contribution in [3.05, 3.63) is 18.2 Å². The summed E-state index contributed by atoms with van der Waals surface area (Å²) in [6, 6.07) is 1.78. The zero-order valence-electron chi connectivity index (χ0n) is 7.51. The molecule has 1 rings (SSSR count). The summed E-state index contributed by atoms with van der Waals surface area (Å²) in [5.41, 5.74) is -1.90. The molecule has 0 radical (unpaired) electrons. The van der Waals surface area contributed by atoms with Crippen LogP contribution in [0.25, 0.3) is 0 Å². The molecule has 0 saturated carbocycles. The number of aliphatic carboxylic acids is 1. The topological polar surface area (TPSA) is 99.1 Å². The van der Waals surface area contributed by atoms with Crippen molar-refractivity contribution in [1.82, 2.24) is 9.55 Å². The molecule has 0 aliphatic rings. The Balaban J connectivity index is 2.90. The van der Waals surface area contributed by atoms with Gasteiger partial charge in [0.05, 0.1) is 6.54 Å². The zero-order chi connectivity index (χ0) is 10.8. The summed E-state index contributed by atoms with van der Waals surface area (Å²) < 4.78 is 1.29. The third-order valence-electron chi connectivity index (χ3n) is 1.75. The Morgan fingerprint density at radius 3 is 3.00 bits per heavy atom. The number of aromatic nitrogens is 2. The van der Waals surface area contributed by atoms with E-state index in [1.807, 2.05) is 0 Å². The van der Waals surface area contributed by atoms with Gasteiger partial charge in [-0.2, -0.15) is 5.26 Å².